The van der Waals surface area contributed by atoms with E-state index in [0.29, 0.717) is 21.5 Å². The van der Waals surface area contributed by atoms with Gasteiger partial charge in [0, 0.05) is 5.39 Å². The summed E-state index contributed by atoms with van der Waals surface area (Å²) < 4.78 is 0. The summed E-state index contributed by atoms with van der Waals surface area (Å²) in [5.74, 6) is -2.09. The molecule has 0 atom stereocenters. The third kappa shape index (κ3) is 1.91. The van der Waals surface area contributed by atoms with Gasteiger partial charge in [0.05, 0.1) is 28.4 Å². The molecule has 0 radical (unpaired) electrons. The Bertz CT molecular complexity index is 987. The topological polar surface area (TPSA) is 92.4 Å². The minimum atomic E-state index is -0.783. The maximum atomic E-state index is 12.6. The van der Waals surface area contributed by atoms with Gasteiger partial charge in [-0.2, -0.15) is 5.10 Å². The van der Waals surface area contributed by atoms with E-state index in [1.165, 1.54) is 18.3 Å². The zero-order valence-electron chi connectivity index (χ0n) is 12.6. The second kappa shape index (κ2) is 5.02. The summed E-state index contributed by atoms with van der Waals surface area (Å²) in [4.78, 5) is 42.2. The van der Waals surface area contributed by atoms with Crippen LogP contribution in [0.1, 0.15) is 36.6 Å². The van der Waals surface area contributed by atoms with E-state index in [1.807, 2.05) is 0 Å². The number of hydrogen-bond acceptors (Lipinski definition) is 5. The number of amides is 2. The lowest BCUT2D eigenvalue weighted by atomic mass is 10.0. The first kappa shape index (κ1) is 14.1. The maximum absolute atomic E-state index is 12.6. The molecule has 2 aromatic carbocycles. The van der Waals surface area contributed by atoms with Crippen molar-refractivity contribution >= 4 is 28.7 Å². The summed E-state index contributed by atoms with van der Waals surface area (Å²) >= 11 is 0. The molecule has 0 aliphatic carbocycles. The fraction of sp³-hybridized carbons (Fsp3) is 0.0588. The van der Waals surface area contributed by atoms with Crippen LogP contribution in [0.25, 0.3) is 10.9 Å². The Morgan fingerprint density at radius 1 is 1.08 bits per heavy atom. The molecule has 24 heavy (non-hydrogen) atoms. The van der Waals surface area contributed by atoms with Crippen molar-refractivity contribution < 1.29 is 19.2 Å². The van der Waals surface area contributed by atoms with Gasteiger partial charge >= 0.3 is 5.97 Å². The predicted molar refractivity (Wildman–Crippen MR) is 83.2 cm³/mol. The standard InChI is InChI=1S/C17H11N3O4/c1-9-6-7-13-12(8-18-19-13)14(9)17(23)24-20-15(21)10-4-2-3-5-11(10)16(20)22/h2-8H,1H3,(H,18,19). The molecular formula is C17H11N3O4. The van der Waals surface area contributed by atoms with E-state index in [2.05, 4.69) is 10.2 Å². The normalized spacial score (nSPS) is 13.5. The number of aryl methyl sites for hydroxylation is 1. The molecule has 0 saturated carbocycles. The molecule has 0 unspecified atom stereocenters. The van der Waals surface area contributed by atoms with Crippen molar-refractivity contribution in [2.45, 2.75) is 6.92 Å². The lowest BCUT2D eigenvalue weighted by molar-refractivity contribution is -0.0583. The van der Waals surface area contributed by atoms with Crippen LogP contribution in [0, 0.1) is 6.92 Å². The van der Waals surface area contributed by atoms with Crippen LogP contribution in [0.2, 0.25) is 0 Å². The monoisotopic (exact) mass is 321 g/mol. The number of rotatable bonds is 2. The van der Waals surface area contributed by atoms with Crippen molar-refractivity contribution in [2.75, 3.05) is 0 Å². The molecule has 118 valence electrons. The fourth-order valence-electron chi connectivity index (χ4n) is 2.78. The Balaban J connectivity index is 1.70. The molecule has 2 amide bonds. The predicted octanol–water partition coefficient (Wildman–Crippen LogP) is 2.24. The summed E-state index contributed by atoms with van der Waals surface area (Å²) in [6.45, 7) is 1.74. The molecule has 0 spiro atoms. The summed E-state index contributed by atoms with van der Waals surface area (Å²) in [5.41, 5.74) is 2.01. The van der Waals surface area contributed by atoms with E-state index >= 15 is 0 Å². The molecule has 7 nitrogen and oxygen atoms in total. The molecule has 1 aromatic heterocycles. The lowest BCUT2D eigenvalue weighted by Crippen LogP contribution is -2.33. The molecule has 4 rings (SSSR count). The lowest BCUT2D eigenvalue weighted by Gasteiger charge is -2.14. The maximum Gasteiger partial charge on any atom is 0.364 e. The summed E-state index contributed by atoms with van der Waals surface area (Å²) in [6.07, 6.45) is 1.50. The number of nitrogens with zero attached hydrogens (tertiary/aromatic N) is 2. The first-order valence-electron chi connectivity index (χ1n) is 7.20. The van der Waals surface area contributed by atoms with Gasteiger partial charge in [0.25, 0.3) is 11.8 Å². The van der Waals surface area contributed by atoms with Crippen molar-refractivity contribution in [3.63, 3.8) is 0 Å². The van der Waals surface area contributed by atoms with Crippen LogP contribution >= 0.6 is 0 Å². The second-order valence-corrected chi connectivity index (χ2v) is 5.42. The minimum Gasteiger partial charge on any atom is -0.324 e. The Hall–Kier alpha value is -3.48. The van der Waals surface area contributed by atoms with Crippen LogP contribution in [0.3, 0.4) is 0 Å². The molecule has 2 heterocycles. The minimum absolute atomic E-state index is 0.216. The number of carbonyl (C=O) groups excluding carboxylic acids is 3. The molecule has 0 fully saturated rings. The Labute approximate surface area is 135 Å². The van der Waals surface area contributed by atoms with E-state index in [0.717, 1.165) is 0 Å². The van der Waals surface area contributed by atoms with Gasteiger partial charge in [-0.3, -0.25) is 14.7 Å². The molecule has 3 aromatic rings. The average molecular weight is 321 g/mol. The smallest absolute Gasteiger partial charge is 0.324 e. The number of nitrogens with one attached hydrogen (secondary N) is 1. The molecule has 1 aliphatic heterocycles. The Morgan fingerprint density at radius 3 is 2.42 bits per heavy atom. The highest BCUT2D eigenvalue weighted by molar-refractivity contribution is 6.21. The number of hydrogen-bond donors (Lipinski definition) is 1. The number of aromatic nitrogens is 2. The molecule has 1 N–H and O–H groups in total. The number of benzene rings is 2. The van der Waals surface area contributed by atoms with Crippen LogP contribution in [0.4, 0.5) is 0 Å². The van der Waals surface area contributed by atoms with E-state index in [-0.39, 0.29) is 16.7 Å². The number of H-pyrrole nitrogens is 1. The van der Waals surface area contributed by atoms with Gasteiger partial charge in [-0.1, -0.05) is 23.3 Å². The van der Waals surface area contributed by atoms with Crippen molar-refractivity contribution in [2.24, 2.45) is 0 Å². The zero-order chi connectivity index (χ0) is 16.8. The number of hydroxylamine groups is 2. The van der Waals surface area contributed by atoms with Gasteiger partial charge in [-0.25, -0.2) is 4.79 Å². The van der Waals surface area contributed by atoms with Crippen LogP contribution in [0.5, 0.6) is 0 Å². The number of carbonyl (C=O) groups is 3. The zero-order valence-corrected chi connectivity index (χ0v) is 12.6. The molecule has 7 heteroatoms. The van der Waals surface area contributed by atoms with Crippen LogP contribution in [-0.2, 0) is 4.84 Å². The Kier molecular flexibility index (Phi) is 2.96. The van der Waals surface area contributed by atoms with Crippen LogP contribution in [0.15, 0.2) is 42.6 Å². The highest BCUT2D eigenvalue weighted by Crippen LogP contribution is 2.26. The van der Waals surface area contributed by atoms with Gasteiger partial charge in [0.15, 0.2) is 0 Å². The van der Waals surface area contributed by atoms with Crippen molar-refractivity contribution in [1.82, 2.24) is 15.3 Å². The summed E-state index contributed by atoms with van der Waals surface area (Å²) in [5, 5.41) is 7.73. The fourth-order valence-corrected chi connectivity index (χ4v) is 2.78. The molecule has 0 bridgehead atoms. The van der Waals surface area contributed by atoms with Crippen molar-refractivity contribution in [3.05, 3.63) is 64.8 Å². The number of aromatic amines is 1. The van der Waals surface area contributed by atoms with E-state index in [9.17, 15) is 14.4 Å². The van der Waals surface area contributed by atoms with E-state index in [4.69, 9.17) is 4.84 Å². The van der Waals surface area contributed by atoms with Gasteiger partial charge in [0.2, 0.25) is 0 Å². The van der Waals surface area contributed by atoms with Crippen LogP contribution < -0.4 is 0 Å². The largest absolute Gasteiger partial charge is 0.364 e. The molecule has 0 saturated heterocycles. The summed E-state index contributed by atoms with van der Waals surface area (Å²) in [7, 11) is 0. The van der Waals surface area contributed by atoms with Gasteiger partial charge in [-0.15, -0.1) is 0 Å². The van der Waals surface area contributed by atoms with E-state index < -0.39 is 17.8 Å². The highest BCUT2D eigenvalue weighted by Gasteiger charge is 2.39. The van der Waals surface area contributed by atoms with E-state index in [1.54, 1.807) is 31.2 Å². The molecular weight excluding hydrogens is 310 g/mol. The highest BCUT2D eigenvalue weighted by atomic mass is 16.7. The summed E-state index contributed by atoms with van der Waals surface area (Å²) in [6, 6.07) is 9.85. The first-order valence-corrected chi connectivity index (χ1v) is 7.20. The average Bonchev–Trinajstić information content (AvgIpc) is 3.14. The number of fused-ring (bicyclic) bond motifs is 2. The van der Waals surface area contributed by atoms with Gasteiger partial charge in [0.1, 0.15) is 0 Å². The SMILES string of the molecule is Cc1ccc2[nH]ncc2c1C(=O)ON1C(=O)c2ccccc2C1=O. The van der Waals surface area contributed by atoms with Crippen LogP contribution in [-0.4, -0.2) is 33.0 Å². The van der Waals surface area contributed by atoms with Gasteiger partial charge in [-0.05, 0) is 30.7 Å². The first-order chi connectivity index (χ1) is 11.6. The van der Waals surface area contributed by atoms with Crippen molar-refractivity contribution in [1.29, 1.82) is 0 Å². The number of imide groups is 1. The third-order valence-electron chi connectivity index (χ3n) is 3.97. The molecule has 1 aliphatic rings. The second-order valence-electron chi connectivity index (χ2n) is 5.42. The quantitative estimate of drug-likeness (QED) is 0.731. The van der Waals surface area contributed by atoms with Crippen molar-refractivity contribution in [3.8, 4) is 0 Å². The Morgan fingerprint density at radius 2 is 1.75 bits per heavy atom. The third-order valence-corrected chi connectivity index (χ3v) is 3.97. The van der Waals surface area contributed by atoms with Gasteiger partial charge < -0.3 is 4.84 Å².